The highest BCUT2D eigenvalue weighted by Crippen LogP contribution is 2.51. The van der Waals surface area contributed by atoms with E-state index < -0.39 is 0 Å². The van der Waals surface area contributed by atoms with Crippen molar-refractivity contribution >= 4 is 11.6 Å². The number of piperidine rings is 1. The molecule has 1 N–H and O–H groups in total. The van der Waals surface area contributed by atoms with Crippen LogP contribution in [-0.4, -0.2) is 63.3 Å². The fourth-order valence-corrected chi connectivity index (χ4v) is 5.94. The summed E-state index contributed by atoms with van der Waals surface area (Å²) in [4.78, 5) is 17.2. The van der Waals surface area contributed by atoms with Crippen LogP contribution < -0.4 is 10.2 Å². The van der Waals surface area contributed by atoms with Crippen molar-refractivity contribution in [2.75, 3.05) is 57.4 Å². The number of carbonyl (C=O) groups is 1. The number of hydrogen-bond acceptors (Lipinski definition) is 4. The number of benzene rings is 1. The maximum Gasteiger partial charge on any atom is 0.251 e. The van der Waals surface area contributed by atoms with Gasteiger partial charge in [-0.05, 0) is 54.7 Å². The molecule has 164 valence electrons. The number of anilines is 1. The number of nitrogens with one attached hydrogen (secondary N) is 1. The Bertz CT molecular complexity index is 749. The number of rotatable bonds is 6. The third kappa shape index (κ3) is 4.35. The quantitative estimate of drug-likeness (QED) is 0.775. The van der Waals surface area contributed by atoms with E-state index in [1.807, 2.05) is 4.90 Å². The van der Waals surface area contributed by atoms with Crippen LogP contribution in [0.1, 0.15) is 42.5 Å². The van der Waals surface area contributed by atoms with Crippen molar-refractivity contribution in [3.63, 3.8) is 0 Å². The summed E-state index contributed by atoms with van der Waals surface area (Å²) in [6.45, 7) is 7.00. The minimum atomic E-state index is -0.328. The van der Waals surface area contributed by atoms with Crippen LogP contribution in [0.25, 0.3) is 0 Å². The van der Waals surface area contributed by atoms with Crippen molar-refractivity contribution in [1.29, 1.82) is 0 Å². The van der Waals surface area contributed by atoms with E-state index in [1.165, 1.54) is 57.8 Å². The Hall–Kier alpha value is -1.66. The molecule has 2 aliphatic heterocycles. The zero-order chi connectivity index (χ0) is 20.5. The third-order valence-corrected chi connectivity index (χ3v) is 7.75. The molecule has 1 aromatic carbocycles. The first-order valence-electron chi connectivity index (χ1n) is 11.8. The lowest BCUT2D eigenvalue weighted by Crippen LogP contribution is -2.37. The number of likely N-dealkylation sites (tertiary alicyclic amines) is 1. The first kappa shape index (κ1) is 20.3. The minimum Gasteiger partial charge on any atom is -0.378 e. The van der Waals surface area contributed by atoms with Crippen LogP contribution in [0.3, 0.4) is 0 Å². The molecule has 0 bridgehead atoms. The van der Waals surface area contributed by atoms with Crippen molar-refractivity contribution in [1.82, 2.24) is 10.2 Å². The lowest BCUT2D eigenvalue weighted by atomic mass is 9.89. The van der Waals surface area contributed by atoms with Gasteiger partial charge in [-0.15, -0.1) is 0 Å². The van der Waals surface area contributed by atoms with Gasteiger partial charge in [0.1, 0.15) is 5.82 Å². The van der Waals surface area contributed by atoms with E-state index in [0.29, 0.717) is 43.5 Å². The maximum atomic E-state index is 14.6. The second-order valence-electron chi connectivity index (χ2n) is 9.69. The van der Waals surface area contributed by atoms with Crippen molar-refractivity contribution < 1.29 is 13.9 Å². The molecular weight excluding hydrogens is 381 g/mol. The highest BCUT2D eigenvalue weighted by Gasteiger charge is 2.55. The predicted molar refractivity (Wildman–Crippen MR) is 115 cm³/mol. The summed E-state index contributed by atoms with van der Waals surface area (Å²) in [7, 11) is 0. The molecule has 1 amide bonds. The molecule has 2 saturated heterocycles. The van der Waals surface area contributed by atoms with Gasteiger partial charge in [0.2, 0.25) is 0 Å². The van der Waals surface area contributed by atoms with E-state index in [-0.39, 0.29) is 11.7 Å². The van der Waals surface area contributed by atoms with E-state index in [1.54, 1.807) is 12.1 Å². The van der Waals surface area contributed by atoms with Crippen LogP contribution >= 0.6 is 0 Å². The molecule has 5 rings (SSSR count). The lowest BCUT2D eigenvalue weighted by Gasteiger charge is -2.29. The molecule has 4 fully saturated rings. The Kier molecular flexibility index (Phi) is 5.96. The molecule has 0 radical (unpaired) electrons. The Morgan fingerprint density at radius 3 is 2.53 bits per heavy atom. The number of hydrogen-bond donors (Lipinski definition) is 1. The van der Waals surface area contributed by atoms with Gasteiger partial charge in [0, 0.05) is 44.8 Å². The monoisotopic (exact) mass is 415 g/mol. The van der Waals surface area contributed by atoms with E-state index in [0.717, 1.165) is 24.3 Å². The largest absolute Gasteiger partial charge is 0.378 e. The predicted octanol–water partition coefficient (Wildman–Crippen LogP) is 3.15. The molecule has 4 aliphatic rings. The van der Waals surface area contributed by atoms with Crippen molar-refractivity contribution in [2.24, 2.45) is 23.7 Å². The fourth-order valence-electron chi connectivity index (χ4n) is 5.94. The number of morpholine rings is 1. The van der Waals surface area contributed by atoms with Crippen LogP contribution in [-0.2, 0) is 4.74 Å². The number of carbonyl (C=O) groups excluding carboxylic acids is 1. The van der Waals surface area contributed by atoms with Crippen LogP contribution in [0.5, 0.6) is 0 Å². The summed E-state index contributed by atoms with van der Waals surface area (Å²) in [5.74, 6) is 2.51. The zero-order valence-electron chi connectivity index (χ0n) is 17.8. The van der Waals surface area contributed by atoms with Crippen molar-refractivity contribution in [2.45, 2.75) is 32.1 Å². The molecule has 0 aromatic heterocycles. The zero-order valence-corrected chi connectivity index (χ0v) is 17.8. The Balaban J connectivity index is 1.07. The molecule has 2 aliphatic carbocycles. The van der Waals surface area contributed by atoms with Crippen molar-refractivity contribution in [3.8, 4) is 0 Å². The summed E-state index contributed by atoms with van der Waals surface area (Å²) in [6, 6.07) is 4.84. The summed E-state index contributed by atoms with van der Waals surface area (Å²) in [5.41, 5.74) is 0.971. The number of halogens is 1. The summed E-state index contributed by atoms with van der Waals surface area (Å²) < 4.78 is 19.9. The molecule has 2 atom stereocenters. The second-order valence-corrected chi connectivity index (χ2v) is 9.69. The van der Waals surface area contributed by atoms with Gasteiger partial charge in [-0.25, -0.2) is 4.39 Å². The Morgan fingerprint density at radius 1 is 1.10 bits per heavy atom. The van der Waals surface area contributed by atoms with Crippen molar-refractivity contribution in [3.05, 3.63) is 29.6 Å². The van der Waals surface area contributed by atoms with E-state index in [2.05, 4.69) is 10.2 Å². The molecule has 2 heterocycles. The van der Waals surface area contributed by atoms with Gasteiger partial charge in [-0.1, -0.05) is 19.3 Å². The first-order chi connectivity index (χ1) is 14.7. The molecule has 1 aromatic rings. The number of fused-ring (bicyclic) bond motifs is 1. The molecule has 30 heavy (non-hydrogen) atoms. The SMILES string of the molecule is O=C(NCC1C2CN(CC3CCCCC3)CC12)c1ccc(N2CCOCC2)c(F)c1. The molecular formula is C24H34FN3O2. The Labute approximate surface area is 178 Å². The smallest absolute Gasteiger partial charge is 0.251 e. The highest BCUT2D eigenvalue weighted by atomic mass is 19.1. The topological polar surface area (TPSA) is 44.8 Å². The number of ether oxygens (including phenoxy) is 1. The third-order valence-electron chi connectivity index (χ3n) is 7.75. The van der Waals surface area contributed by atoms with Crippen LogP contribution in [0, 0.1) is 29.5 Å². The standard InChI is InChI=1S/C24H34FN3O2/c25-22-12-18(6-7-23(22)28-8-10-30-11-9-28)24(29)26-13-19-20-15-27(16-21(19)20)14-17-4-2-1-3-5-17/h6-7,12,17,19-21H,1-5,8-11,13-16H2,(H,26,29). The van der Waals surface area contributed by atoms with E-state index >= 15 is 0 Å². The summed E-state index contributed by atoms with van der Waals surface area (Å²) in [5, 5.41) is 3.05. The van der Waals surface area contributed by atoms with Gasteiger partial charge in [-0.2, -0.15) is 0 Å². The summed E-state index contributed by atoms with van der Waals surface area (Å²) >= 11 is 0. The van der Waals surface area contributed by atoms with Gasteiger partial charge in [0.25, 0.3) is 5.91 Å². The molecule has 0 spiro atoms. The van der Waals surface area contributed by atoms with Gasteiger partial charge >= 0.3 is 0 Å². The average molecular weight is 416 g/mol. The van der Waals surface area contributed by atoms with Gasteiger partial charge < -0.3 is 19.9 Å². The lowest BCUT2D eigenvalue weighted by molar-refractivity contribution is 0.0948. The number of amides is 1. The fraction of sp³-hybridized carbons (Fsp3) is 0.708. The maximum absolute atomic E-state index is 14.6. The van der Waals surface area contributed by atoms with Gasteiger partial charge in [0.15, 0.2) is 0 Å². The Morgan fingerprint density at radius 2 is 1.83 bits per heavy atom. The van der Waals surface area contributed by atoms with E-state index in [9.17, 15) is 9.18 Å². The van der Waals surface area contributed by atoms with Crippen LogP contribution in [0.2, 0.25) is 0 Å². The molecule has 2 saturated carbocycles. The highest BCUT2D eigenvalue weighted by molar-refractivity contribution is 5.94. The van der Waals surface area contributed by atoms with Crippen LogP contribution in [0.4, 0.5) is 10.1 Å². The van der Waals surface area contributed by atoms with Crippen LogP contribution in [0.15, 0.2) is 18.2 Å². The normalized spacial score (nSPS) is 29.6. The average Bonchev–Trinajstić information content (AvgIpc) is 3.23. The molecule has 5 nitrogen and oxygen atoms in total. The van der Waals surface area contributed by atoms with Gasteiger partial charge in [0.05, 0.1) is 18.9 Å². The summed E-state index contributed by atoms with van der Waals surface area (Å²) in [6.07, 6.45) is 7.06. The number of nitrogens with zero attached hydrogens (tertiary/aromatic N) is 2. The van der Waals surface area contributed by atoms with Gasteiger partial charge in [-0.3, -0.25) is 4.79 Å². The molecule has 2 unspecified atom stereocenters. The molecule has 6 heteroatoms. The minimum absolute atomic E-state index is 0.161. The second kappa shape index (κ2) is 8.83. The first-order valence-corrected chi connectivity index (χ1v) is 11.8. The van der Waals surface area contributed by atoms with E-state index in [4.69, 9.17) is 4.74 Å².